The van der Waals surface area contributed by atoms with Gasteiger partial charge in [-0.25, -0.2) is 17.8 Å². The molecule has 1 heterocycles. The van der Waals surface area contributed by atoms with Gasteiger partial charge in [0.2, 0.25) is 0 Å². The van der Waals surface area contributed by atoms with Crippen molar-refractivity contribution in [1.29, 1.82) is 0 Å². The molecular formula is C14H11FN2O2S3. The smallest absolute Gasteiger partial charge is 0.261 e. The number of sulfonamides is 1. The van der Waals surface area contributed by atoms with E-state index in [0.717, 1.165) is 20.6 Å². The molecule has 4 nitrogen and oxygen atoms in total. The van der Waals surface area contributed by atoms with E-state index < -0.39 is 15.8 Å². The van der Waals surface area contributed by atoms with Crippen LogP contribution < -0.4 is 4.72 Å². The van der Waals surface area contributed by atoms with Crippen LogP contribution in [-0.4, -0.2) is 19.7 Å². The molecule has 0 amide bonds. The molecule has 0 bridgehead atoms. The second-order valence-corrected chi connectivity index (χ2v) is 8.20. The number of hydrogen-bond donors (Lipinski definition) is 1. The van der Waals surface area contributed by atoms with Crippen molar-refractivity contribution in [3.63, 3.8) is 0 Å². The van der Waals surface area contributed by atoms with Crippen LogP contribution in [0.15, 0.2) is 51.7 Å². The van der Waals surface area contributed by atoms with Gasteiger partial charge in [-0.2, -0.15) is 0 Å². The molecule has 0 aliphatic carbocycles. The number of nitrogens with one attached hydrogen (secondary N) is 1. The van der Waals surface area contributed by atoms with Gasteiger partial charge in [0.1, 0.15) is 5.82 Å². The van der Waals surface area contributed by atoms with Gasteiger partial charge in [0, 0.05) is 0 Å². The van der Waals surface area contributed by atoms with Crippen molar-refractivity contribution in [3.8, 4) is 0 Å². The van der Waals surface area contributed by atoms with Crippen LogP contribution in [-0.2, 0) is 10.0 Å². The minimum Gasteiger partial charge on any atom is -0.280 e. The molecule has 0 saturated heterocycles. The lowest BCUT2D eigenvalue weighted by molar-refractivity contribution is 0.595. The Hall–Kier alpha value is -1.64. The third-order valence-corrected chi connectivity index (χ3v) is 6.28. The van der Waals surface area contributed by atoms with Crippen LogP contribution >= 0.6 is 23.1 Å². The first-order valence-corrected chi connectivity index (χ1v) is 9.73. The molecule has 1 N–H and O–H groups in total. The van der Waals surface area contributed by atoms with Crippen LogP contribution in [0.3, 0.4) is 0 Å². The fourth-order valence-electron chi connectivity index (χ4n) is 1.90. The predicted octanol–water partition coefficient (Wildman–Crippen LogP) is 3.96. The van der Waals surface area contributed by atoms with E-state index in [2.05, 4.69) is 9.71 Å². The molecule has 0 aliphatic rings. The Kier molecular flexibility index (Phi) is 4.07. The molecule has 0 radical (unpaired) electrons. The number of nitrogens with zero attached hydrogens (tertiary/aromatic N) is 1. The lowest BCUT2D eigenvalue weighted by Crippen LogP contribution is -2.12. The third kappa shape index (κ3) is 3.08. The van der Waals surface area contributed by atoms with Crippen molar-refractivity contribution in [1.82, 2.24) is 4.98 Å². The van der Waals surface area contributed by atoms with Crippen LogP contribution in [0.5, 0.6) is 0 Å². The fourth-order valence-corrected chi connectivity index (χ4v) is 4.51. The maximum atomic E-state index is 13.2. The number of anilines is 1. The first-order valence-electron chi connectivity index (χ1n) is 6.21. The van der Waals surface area contributed by atoms with Gasteiger partial charge < -0.3 is 0 Å². The molecule has 0 atom stereocenters. The van der Waals surface area contributed by atoms with Crippen LogP contribution in [0.1, 0.15) is 0 Å². The summed E-state index contributed by atoms with van der Waals surface area (Å²) in [6.45, 7) is 0. The summed E-state index contributed by atoms with van der Waals surface area (Å²) >= 11 is 3.03. The summed E-state index contributed by atoms with van der Waals surface area (Å²) in [4.78, 5) is 4.28. The van der Waals surface area contributed by atoms with Crippen molar-refractivity contribution in [2.45, 2.75) is 9.24 Å². The average Bonchev–Trinajstić information content (AvgIpc) is 2.89. The van der Waals surface area contributed by atoms with Gasteiger partial charge in [0.05, 0.1) is 20.8 Å². The standard InChI is InChI=1S/C14H11FN2O2S3/c1-20-14-16-12-6-5-10(8-13(12)21-14)17-22(18,19)11-4-2-3-9(15)7-11/h2-8,17H,1H3. The van der Waals surface area contributed by atoms with Gasteiger partial charge in [-0.05, 0) is 42.7 Å². The molecule has 0 saturated carbocycles. The van der Waals surface area contributed by atoms with Crippen molar-refractivity contribution >= 4 is 49.0 Å². The van der Waals surface area contributed by atoms with E-state index in [-0.39, 0.29) is 4.90 Å². The predicted molar refractivity (Wildman–Crippen MR) is 88.6 cm³/mol. The topological polar surface area (TPSA) is 59.1 Å². The number of benzene rings is 2. The van der Waals surface area contributed by atoms with E-state index >= 15 is 0 Å². The number of thioether (sulfide) groups is 1. The maximum absolute atomic E-state index is 13.2. The number of rotatable bonds is 4. The molecule has 22 heavy (non-hydrogen) atoms. The Balaban J connectivity index is 1.94. The largest absolute Gasteiger partial charge is 0.280 e. The zero-order chi connectivity index (χ0) is 15.7. The Labute approximate surface area is 135 Å². The molecule has 3 aromatic rings. The summed E-state index contributed by atoms with van der Waals surface area (Å²) in [5, 5.41) is 0. The average molecular weight is 354 g/mol. The van der Waals surface area contributed by atoms with E-state index in [1.807, 2.05) is 6.26 Å². The van der Waals surface area contributed by atoms with Crippen LogP contribution in [0.25, 0.3) is 10.2 Å². The summed E-state index contributed by atoms with van der Waals surface area (Å²) in [6.07, 6.45) is 1.94. The number of hydrogen-bond acceptors (Lipinski definition) is 5. The second-order valence-electron chi connectivity index (χ2n) is 4.43. The molecule has 3 rings (SSSR count). The molecule has 0 fully saturated rings. The first kappa shape index (κ1) is 15.3. The second kappa shape index (κ2) is 5.86. The molecular weight excluding hydrogens is 343 g/mol. The highest BCUT2D eigenvalue weighted by Crippen LogP contribution is 2.30. The fraction of sp³-hybridized carbons (Fsp3) is 0.0714. The van der Waals surface area contributed by atoms with Crippen LogP contribution in [0.2, 0.25) is 0 Å². The number of aromatic nitrogens is 1. The minimum absolute atomic E-state index is 0.110. The van der Waals surface area contributed by atoms with Crippen LogP contribution in [0.4, 0.5) is 10.1 Å². The molecule has 0 unspecified atom stereocenters. The highest BCUT2D eigenvalue weighted by molar-refractivity contribution is 8.00. The van der Waals surface area contributed by atoms with Gasteiger partial charge in [-0.15, -0.1) is 11.3 Å². The summed E-state index contributed by atoms with van der Waals surface area (Å²) < 4.78 is 42.0. The zero-order valence-electron chi connectivity index (χ0n) is 11.4. The van der Waals surface area contributed by atoms with E-state index in [4.69, 9.17) is 0 Å². The number of halogens is 1. The van der Waals surface area contributed by atoms with Crippen molar-refractivity contribution in [3.05, 3.63) is 48.3 Å². The molecule has 0 aliphatic heterocycles. The van der Waals surface area contributed by atoms with Crippen molar-refractivity contribution in [2.24, 2.45) is 0 Å². The van der Waals surface area contributed by atoms with Gasteiger partial charge in [-0.1, -0.05) is 17.8 Å². The number of thiazole rings is 1. The highest BCUT2D eigenvalue weighted by Gasteiger charge is 2.15. The van der Waals surface area contributed by atoms with Gasteiger partial charge in [0.15, 0.2) is 4.34 Å². The van der Waals surface area contributed by atoms with Crippen molar-refractivity contribution in [2.75, 3.05) is 11.0 Å². The van der Waals surface area contributed by atoms with E-state index in [9.17, 15) is 12.8 Å². The molecule has 2 aromatic carbocycles. The van der Waals surface area contributed by atoms with E-state index in [1.54, 1.807) is 18.2 Å². The summed E-state index contributed by atoms with van der Waals surface area (Å²) in [5.41, 5.74) is 1.25. The third-order valence-electron chi connectivity index (χ3n) is 2.90. The molecule has 0 spiro atoms. The monoisotopic (exact) mass is 354 g/mol. The van der Waals surface area contributed by atoms with Gasteiger partial charge in [0.25, 0.3) is 10.0 Å². The molecule has 1 aromatic heterocycles. The van der Waals surface area contributed by atoms with Crippen LogP contribution in [0, 0.1) is 5.82 Å². The Bertz CT molecular complexity index is 938. The summed E-state index contributed by atoms with van der Waals surface area (Å²) in [5.74, 6) is -0.592. The number of fused-ring (bicyclic) bond motifs is 1. The quantitative estimate of drug-likeness (QED) is 0.721. The Morgan fingerprint density at radius 1 is 1.23 bits per heavy atom. The Morgan fingerprint density at radius 2 is 2.05 bits per heavy atom. The summed E-state index contributed by atoms with van der Waals surface area (Å²) in [7, 11) is -3.81. The van der Waals surface area contributed by atoms with E-state index in [0.29, 0.717) is 5.69 Å². The lowest BCUT2D eigenvalue weighted by atomic mass is 10.3. The maximum Gasteiger partial charge on any atom is 0.261 e. The normalized spacial score (nSPS) is 11.7. The van der Waals surface area contributed by atoms with E-state index in [1.165, 1.54) is 41.3 Å². The van der Waals surface area contributed by atoms with Gasteiger partial charge >= 0.3 is 0 Å². The first-order chi connectivity index (χ1) is 10.5. The Morgan fingerprint density at radius 3 is 2.77 bits per heavy atom. The van der Waals surface area contributed by atoms with Crippen molar-refractivity contribution < 1.29 is 12.8 Å². The molecule has 114 valence electrons. The summed E-state index contributed by atoms with van der Waals surface area (Å²) in [6, 6.07) is 10.0. The molecule has 8 heteroatoms. The zero-order valence-corrected chi connectivity index (χ0v) is 13.9. The lowest BCUT2D eigenvalue weighted by Gasteiger charge is -2.08. The van der Waals surface area contributed by atoms with Gasteiger partial charge in [-0.3, -0.25) is 4.72 Å². The highest BCUT2D eigenvalue weighted by atomic mass is 32.2. The minimum atomic E-state index is -3.81. The SMILES string of the molecule is CSc1nc2ccc(NS(=O)(=O)c3cccc(F)c3)cc2s1.